The highest BCUT2D eigenvalue weighted by Crippen LogP contribution is 2.46. The number of halogens is 1. The van der Waals surface area contributed by atoms with Gasteiger partial charge in [0.05, 0.1) is 0 Å². The van der Waals surface area contributed by atoms with E-state index in [1.54, 1.807) is 0 Å². The van der Waals surface area contributed by atoms with Crippen LogP contribution in [0.1, 0.15) is 51.7 Å². The number of nitrogens with one attached hydrogen (secondary N) is 1. The standard InChI is InChI=1S/C18H22BrN/c1-12(20)13(10-11-18(2,3)4)8-9-15-14-6-5-7-16(19)17(14)15/h5-9,20H,10-11H2,1-4H3/b13-8-,15-9-,20-12?. The van der Waals surface area contributed by atoms with E-state index >= 15 is 0 Å². The first-order valence-corrected chi connectivity index (χ1v) is 7.84. The van der Waals surface area contributed by atoms with E-state index < -0.39 is 0 Å². The van der Waals surface area contributed by atoms with Gasteiger partial charge in [-0.25, -0.2) is 0 Å². The molecule has 0 fully saturated rings. The average molecular weight is 332 g/mol. The number of benzene rings is 1. The summed E-state index contributed by atoms with van der Waals surface area (Å²) in [7, 11) is 0. The minimum Gasteiger partial charge on any atom is -0.305 e. The Balaban J connectivity index is 2.13. The molecule has 0 aromatic heterocycles. The fourth-order valence-electron chi connectivity index (χ4n) is 2.22. The van der Waals surface area contributed by atoms with Gasteiger partial charge in [-0.05, 0) is 48.0 Å². The second kappa shape index (κ2) is 5.69. The van der Waals surface area contributed by atoms with E-state index in [-0.39, 0.29) is 0 Å². The maximum absolute atomic E-state index is 7.92. The predicted molar refractivity (Wildman–Crippen MR) is 91.4 cm³/mol. The first kappa shape index (κ1) is 15.2. The highest BCUT2D eigenvalue weighted by Gasteiger charge is 2.26. The van der Waals surface area contributed by atoms with Gasteiger partial charge in [-0.1, -0.05) is 61.0 Å². The summed E-state index contributed by atoms with van der Waals surface area (Å²) in [6.07, 6.45) is 6.36. The van der Waals surface area contributed by atoms with Crippen molar-refractivity contribution in [3.05, 3.63) is 51.5 Å². The topological polar surface area (TPSA) is 23.9 Å². The zero-order valence-electron chi connectivity index (χ0n) is 12.7. The van der Waals surface area contributed by atoms with E-state index in [1.807, 2.05) is 6.92 Å². The van der Waals surface area contributed by atoms with Gasteiger partial charge in [-0.15, -0.1) is 0 Å². The summed E-state index contributed by atoms with van der Waals surface area (Å²) >= 11 is 3.58. The minimum absolute atomic E-state index is 0.313. The molecule has 1 aliphatic rings. The van der Waals surface area contributed by atoms with Crippen LogP contribution in [0.5, 0.6) is 0 Å². The van der Waals surface area contributed by atoms with Crippen molar-refractivity contribution in [2.45, 2.75) is 40.5 Å². The summed E-state index contributed by atoms with van der Waals surface area (Å²) in [4.78, 5) is 0. The largest absolute Gasteiger partial charge is 0.305 e. The van der Waals surface area contributed by atoms with Gasteiger partial charge in [0, 0.05) is 15.7 Å². The number of allylic oxidation sites excluding steroid dienone is 3. The molecule has 0 unspecified atom stereocenters. The molecule has 0 radical (unpaired) electrons. The van der Waals surface area contributed by atoms with Crippen LogP contribution in [-0.2, 0) is 0 Å². The van der Waals surface area contributed by atoms with Gasteiger partial charge in [0.25, 0.3) is 0 Å². The fraction of sp³-hybridized carbons (Fsp3) is 0.389. The third kappa shape index (κ3) is 3.69. The van der Waals surface area contributed by atoms with E-state index in [9.17, 15) is 0 Å². The highest BCUT2D eigenvalue weighted by molar-refractivity contribution is 9.10. The van der Waals surface area contributed by atoms with Gasteiger partial charge in [0.1, 0.15) is 0 Å². The van der Waals surface area contributed by atoms with E-state index in [0.717, 1.165) is 22.9 Å². The first-order chi connectivity index (χ1) is 9.29. The zero-order chi connectivity index (χ0) is 14.9. The van der Waals surface area contributed by atoms with Crippen LogP contribution >= 0.6 is 15.9 Å². The summed E-state index contributed by atoms with van der Waals surface area (Å²) < 4.78 is 1.16. The fourth-order valence-corrected chi connectivity index (χ4v) is 2.80. The summed E-state index contributed by atoms with van der Waals surface area (Å²) in [6.45, 7) is 8.62. The van der Waals surface area contributed by atoms with Gasteiger partial charge in [-0.3, -0.25) is 0 Å². The van der Waals surface area contributed by atoms with Crippen molar-refractivity contribution >= 4 is 27.2 Å². The van der Waals surface area contributed by atoms with Gasteiger partial charge in [-0.2, -0.15) is 0 Å². The molecule has 106 valence electrons. The molecule has 20 heavy (non-hydrogen) atoms. The number of rotatable bonds is 4. The Bertz CT molecular complexity index is 600. The number of hydrogen-bond acceptors (Lipinski definition) is 1. The Morgan fingerprint density at radius 3 is 2.55 bits per heavy atom. The van der Waals surface area contributed by atoms with Crippen molar-refractivity contribution in [2.24, 2.45) is 5.41 Å². The van der Waals surface area contributed by atoms with Crippen LogP contribution in [0.2, 0.25) is 0 Å². The van der Waals surface area contributed by atoms with Crippen LogP contribution in [0.25, 0.3) is 5.57 Å². The van der Waals surface area contributed by atoms with Gasteiger partial charge in [0.2, 0.25) is 0 Å². The van der Waals surface area contributed by atoms with Crippen molar-refractivity contribution in [3.63, 3.8) is 0 Å². The summed E-state index contributed by atoms with van der Waals surface area (Å²) in [6, 6.07) is 6.29. The van der Waals surface area contributed by atoms with Crippen LogP contribution < -0.4 is 0 Å². The molecular formula is C18H22BrN. The molecule has 0 aliphatic heterocycles. The molecule has 0 bridgehead atoms. The van der Waals surface area contributed by atoms with Crippen molar-refractivity contribution in [1.82, 2.24) is 0 Å². The lowest BCUT2D eigenvalue weighted by Gasteiger charge is -2.18. The summed E-state index contributed by atoms with van der Waals surface area (Å²) in [5.41, 5.74) is 6.08. The van der Waals surface area contributed by atoms with Crippen molar-refractivity contribution in [3.8, 4) is 0 Å². The third-order valence-electron chi connectivity index (χ3n) is 3.59. The van der Waals surface area contributed by atoms with Crippen LogP contribution in [0.15, 0.2) is 40.4 Å². The molecule has 0 saturated carbocycles. The van der Waals surface area contributed by atoms with Crippen molar-refractivity contribution < 1.29 is 0 Å². The molecular weight excluding hydrogens is 310 g/mol. The average Bonchev–Trinajstić information content (AvgIpc) is 3.02. The predicted octanol–water partition coefficient (Wildman–Crippen LogP) is 5.99. The summed E-state index contributed by atoms with van der Waals surface area (Å²) in [5.74, 6) is 0. The van der Waals surface area contributed by atoms with Crippen LogP contribution in [0.4, 0.5) is 0 Å². The third-order valence-corrected chi connectivity index (χ3v) is 4.25. The lowest BCUT2D eigenvalue weighted by atomic mass is 9.87. The SMILES string of the molecule is CC(=N)/C(=C\C=C1\c2cccc(Br)c21)CCC(C)(C)C. The molecule has 2 rings (SSSR count). The molecule has 0 atom stereocenters. The van der Waals surface area contributed by atoms with Crippen LogP contribution in [0, 0.1) is 10.8 Å². The second-order valence-electron chi connectivity index (χ2n) is 6.62. The van der Waals surface area contributed by atoms with Crippen LogP contribution in [0.3, 0.4) is 0 Å². The molecule has 1 nitrogen and oxygen atoms in total. The molecule has 1 aromatic carbocycles. The second-order valence-corrected chi connectivity index (χ2v) is 7.47. The smallest absolute Gasteiger partial charge is 0.0314 e. The molecule has 1 aliphatic carbocycles. The molecule has 0 amide bonds. The summed E-state index contributed by atoms with van der Waals surface area (Å²) in [5, 5.41) is 7.92. The van der Waals surface area contributed by atoms with Crippen LogP contribution in [-0.4, -0.2) is 5.71 Å². The normalized spacial score (nSPS) is 16.2. The monoisotopic (exact) mass is 331 g/mol. The zero-order valence-corrected chi connectivity index (χ0v) is 14.3. The Morgan fingerprint density at radius 2 is 2.00 bits per heavy atom. The minimum atomic E-state index is 0.313. The Hall–Kier alpha value is -1.15. The molecule has 1 N–H and O–H groups in total. The number of hydrogen-bond donors (Lipinski definition) is 1. The maximum Gasteiger partial charge on any atom is 0.0314 e. The molecule has 1 aromatic rings. The molecule has 0 saturated heterocycles. The molecule has 0 heterocycles. The maximum atomic E-state index is 7.92. The van der Waals surface area contributed by atoms with Gasteiger partial charge in [0.15, 0.2) is 0 Å². The van der Waals surface area contributed by atoms with Gasteiger partial charge < -0.3 is 5.41 Å². The van der Waals surface area contributed by atoms with E-state index in [0.29, 0.717) is 11.1 Å². The van der Waals surface area contributed by atoms with Gasteiger partial charge >= 0.3 is 0 Å². The molecule has 2 heteroatoms. The lowest BCUT2D eigenvalue weighted by Crippen LogP contribution is -2.07. The van der Waals surface area contributed by atoms with Crippen molar-refractivity contribution in [1.29, 1.82) is 5.41 Å². The van der Waals surface area contributed by atoms with Crippen molar-refractivity contribution in [2.75, 3.05) is 0 Å². The van der Waals surface area contributed by atoms with E-state index in [2.05, 4.69) is 67.1 Å². The van der Waals surface area contributed by atoms with E-state index in [1.165, 1.54) is 16.7 Å². The first-order valence-electron chi connectivity index (χ1n) is 7.05. The van der Waals surface area contributed by atoms with E-state index in [4.69, 9.17) is 5.41 Å². The lowest BCUT2D eigenvalue weighted by molar-refractivity contribution is 0.379. The Kier molecular flexibility index (Phi) is 4.33. The quantitative estimate of drug-likeness (QED) is 0.665. The Labute approximate surface area is 130 Å². The highest BCUT2D eigenvalue weighted by atomic mass is 79.9. The number of fused-ring (bicyclic) bond motifs is 1. The molecule has 0 spiro atoms. The Morgan fingerprint density at radius 1 is 1.30 bits per heavy atom.